The van der Waals surface area contributed by atoms with Crippen molar-refractivity contribution in [2.24, 2.45) is 0 Å². The number of hydrogen-bond acceptors (Lipinski definition) is 3. The van der Waals surface area contributed by atoms with E-state index in [0.717, 1.165) is 28.5 Å². The Bertz CT molecular complexity index is 556. The lowest BCUT2D eigenvalue weighted by Crippen LogP contribution is -2.05. The summed E-state index contributed by atoms with van der Waals surface area (Å²) >= 11 is 0. The van der Waals surface area contributed by atoms with Crippen LogP contribution in [0.3, 0.4) is 0 Å². The Morgan fingerprint density at radius 2 is 1.78 bits per heavy atom. The molecule has 0 radical (unpaired) electrons. The van der Waals surface area contributed by atoms with E-state index in [2.05, 4.69) is 15.3 Å². The molecule has 2 aromatic rings. The highest BCUT2D eigenvalue weighted by Gasteiger charge is 2.03. The SMILES string of the molecule is CC(=O)Nc1ccc(-c2cc(C)nc(C)n2)cc1. The molecule has 1 amide bonds. The molecule has 0 saturated carbocycles. The maximum atomic E-state index is 10.9. The minimum Gasteiger partial charge on any atom is -0.326 e. The summed E-state index contributed by atoms with van der Waals surface area (Å²) in [6.45, 7) is 5.32. The Labute approximate surface area is 106 Å². The predicted octanol–water partition coefficient (Wildman–Crippen LogP) is 2.72. The normalized spacial score (nSPS) is 10.2. The van der Waals surface area contributed by atoms with Gasteiger partial charge in [0.25, 0.3) is 0 Å². The van der Waals surface area contributed by atoms with Gasteiger partial charge in [-0.1, -0.05) is 12.1 Å². The fraction of sp³-hybridized carbons (Fsp3) is 0.214. The zero-order valence-corrected chi connectivity index (χ0v) is 10.7. The highest BCUT2D eigenvalue weighted by Crippen LogP contribution is 2.20. The van der Waals surface area contributed by atoms with Crippen LogP contribution < -0.4 is 5.32 Å². The standard InChI is InChI=1S/C14H15N3O/c1-9-8-14(16-10(2)15-9)12-4-6-13(7-5-12)17-11(3)18/h4-8H,1-3H3,(H,17,18). The van der Waals surface area contributed by atoms with Crippen molar-refractivity contribution in [2.75, 3.05) is 5.32 Å². The van der Waals surface area contributed by atoms with Gasteiger partial charge in [0.1, 0.15) is 5.82 Å². The average molecular weight is 241 g/mol. The van der Waals surface area contributed by atoms with E-state index >= 15 is 0 Å². The molecule has 1 N–H and O–H groups in total. The van der Waals surface area contributed by atoms with Gasteiger partial charge >= 0.3 is 0 Å². The van der Waals surface area contributed by atoms with Gasteiger partial charge in [-0.2, -0.15) is 0 Å². The molecule has 0 aliphatic rings. The second-order valence-corrected chi connectivity index (χ2v) is 4.20. The summed E-state index contributed by atoms with van der Waals surface area (Å²) in [5, 5.41) is 2.73. The summed E-state index contributed by atoms with van der Waals surface area (Å²) in [6, 6.07) is 9.55. The number of aryl methyl sites for hydroxylation is 2. The fourth-order valence-corrected chi connectivity index (χ4v) is 1.79. The maximum Gasteiger partial charge on any atom is 0.221 e. The van der Waals surface area contributed by atoms with Crippen LogP contribution in [0.25, 0.3) is 11.3 Å². The number of hydrogen-bond donors (Lipinski definition) is 1. The Balaban J connectivity index is 2.31. The second kappa shape index (κ2) is 4.96. The number of carbonyl (C=O) groups is 1. The van der Waals surface area contributed by atoms with Crippen LogP contribution in [0.1, 0.15) is 18.4 Å². The topological polar surface area (TPSA) is 54.9 Å². The van der Waals surface area contributed by atoms with E-state index in [4.69, 9.17) is 0 Å². The molecule has 2 rings (SSSR count). The van der Waals surface area contributed by atoms with Crippen molar-refractivity contribution >= 4 is 11.6 Å². The molecule has 0 unspecified atom stereocenters. The van der Waals surface area contributed by atoms with Crippen molar-refractivity contribution < 1.29 is 4.79 Å². The van der Waals surface area contributed by atoms with E-state index in [0.29, 0.717) is 0 Å². The number of anilines is 1. The molecule has 0 atom stereocenters. The molecule has 0 spiro atoms. The molecule has 1 aromatic carbocycles. The molecule has 4 heteroatoms. The number of amides is 1. The minimum absolute atomic E-state index is 0.0727. The van der Waals surface area contributed by atoms with E-state index in [9.17, 15) is 4.79 Å². The highest BCUT2D eigenvalue weighted by atomic mass is 16.1. The Hall–Kier alpha value is -2.23. The van der Waals surface area contributed by atoms with Crippen LogP contribution in [0.2, 0.25) is 0 Å². The summed E-state index contributed by atoms with van der Waals surface area (Å²) in [6.07, 6.45) is 0. The molecule has 0 fully saturated rings. The van der Waals surface area contributed by atoms with E-state index in [1.165, 1.54) is 6.92 Å². The Morgan fingerprint density at radius 1 is 1.11 bits per heavy atom. The molecule has 4 nitrogen and oxygen atoms in total. The number of carbonyl (C=O) groups excluding carboxylic acids is 1. The molecule has 92 valence electrons. The van der Waals surface area contributed by atoms with E-state index < -0.39 is 0 Å². The molecule has 0 aliphatic heterocycles. The van der Waals surface area contributed by atoms with Crippen molar-refractivity contribution in [2.45, 2.75) is 20.8 Å². The summed E-state index contributed by atoms with van der Waals surface area (Å²) < 4.78 is 0. The van der Waals surface area contributed by atoms with Crippen LogP contribution in [0.15, 0.2) is 30.3 Å². The molecule has 0 aliphatic carbocycles. The number of aromatic nitrogens is 2. The highest BCUT2D eigenvalue weighted by molar-refractivity contribution is 5.88. The van der Waals surface area contributed by atoms with Crippen molar-refractivity contribution in [1.82, 2.24) is 9.97 Å². The van der Waals surface area contributed by atoms with Gasteiger partial charge in [-0.15, -0.1) is 0 Å². The van der Waals surface area contributed by atoms with Crippen LogP contribution >= 0.6 is 0 Å². The lowest BCUT2D eigenvalue weighted by Gasteiger charge is -2.05. The summed E-state index contributed by atoms with van der Waals surface area (Å²) in [7, 11) is 0. The lowest BCUT2D eigenvalue weighted by molar-refractivity contribution is -0.114. The van der Waals surface area contributed by atoms with Gasteiger partial charge in [0.15, 0.2) is 0 Å². The third-order valence-corrected chi connectivity index (χ3v) is 2.47. The first-order valence-corrected chi connectivity index (χ1v) is 5.75. The first-order valence-electron chi connectivity index (χ1n) is 5.75. The molecule has 0 saturated heterocycles. The van der Waals surface area contributed by atoms with Gasteiger partial charge < -0.3 is 5.32 Å². The van der Waals surface area contributed by atoms with Gasteiger partial charge in [0.2, 0.25) is 5.91 Å². The third kappa shape index (κ3) is 2.91. The molecular weight excluding hydrogens is 226 g/mol. The van der Waals surface area contributed by atoms with Crippen LogP contribution in [0, 0.1) is 13.8 Å². The lowest BCUT2D eigenvalue weighted by atomic mass is 10.1. The van der Waals surface area contributed by atoms with Crippen LogP contribution in [0.4, 0.5) is 5.69 Å². The van der Waals surface area contributed by atoms with Crippen LogP contribution in [-0.4, -0.2) is 15.9 Å². The first kappa shape index (κ1) is 12.2. The number of benzene rings is 1. The van der Waals surface area contributed by atoms with Gasteiger partial charge in [0, 0.05) is 23.9 Å². The first-order chi connectivity index (χ1) is 8.54. The van der Waals surface area contributed by atoms with Gasteiger partial charge in [-0.25, -0.2) is 9.97 Å². The average Bonchev–Trinajstić information content (AvgIpc) is 2.27. The number of rotatable bonds is 2. The molecule has 0 bridgehead atoms. The molecular formula is C14H15N3O. The molecule has 18 heavy (non-hydrogen) atoms. The zero-order chi connectivity index (χ0) is 13.1. The second-order valence-electron chi connectivity index (χ2n) is 4.20. The maximum absolute atomic E-state index is 10.9. The van der Waals surface area contributed by atoms with Gasteiger partial charge in [-0.3, -0.25) is 4.79 Å². The minimum atomic E-state index is -0.0727. The largest absolute Gasteiger partial charge is 0.326 e. The van der Waals surface area contributed by atoms with E-state index in [1.54, 1.807) is 0 Å². The fourth-order valence-electron chi connectivity index (χ4n) is 1.79. The third-order valence-electron chi connectivity index (χ3n) is 2.47. The summed E-state index contributed by atoms with van der Waals surface area (Å²) in [5.74, 6) is 0.687. The van der Waals surface area contributed by atoms with Gasteiger partial charge in [-0.05, 0) is 32.0 Å². The summed E-state index contributed by atoms with van der Waals surface area (Å²) in [4.78, 5) is 19.6. The smallest absolute Gasteiger partial charge is 0.221 e. The van der Waals surface area contributed by atoms with Crippen molar-refractivity contribution in [3.8, 4) is 11.3 Å². The van der Waals surface area contributed by atoms with E-state index in [-0.39, 0.29) is 5.91 Å². The van der Waals surface area contributed by atoms with E-state index in [1.807, 2.05) is 44.2 Å². The number of nitrogens with zero attached hydrogens (tertiary/aromatic N) is 2. The Morgan fingerprint density at radius 3 is 2.33 bits per heavy atom. The zero-order valence-electron chi connectivity index (χ0n) is 10.7. The number of nitrogens with one attached hydrogen (secondary N) is 1. The monoisotopic (exact) mass is 241 g/mol. The van der Waals surface area contributed by atoms with Crippen molar-refractivity contribution in [3.63, 3.8) is 0 Å². The van der Waals surface area contributed by atoms with Gasteiger partial charge in [0.05, 0.1) is 5.69 Å². The Kier molecular flexibility index (Phi) is 3.37. The van der Waals surface area contributed by atoms with Crippen molar-refractivity contribution in [3.05, 3.63) is 41.9 Å². The van der Waals surface area contributed by atoms with Crippen molar-refractivity contribution in [1.29, 1.82) is 0 Å². The van der Waals surface area contributed by atoms with Crippen LogP contribution in [-0.2, 0) is 4.79 Å². The van der Waals surface area contributed by atoms with Crippen LogP contribution in [0.5, 0.6) is 0 Å². The summed E-state index contributed by atoms with van der Waals surface area (Å²) in [5.41, 5.74) is 3.64. The molecule has 1 heterocycles. The quantitative estimate of drug-likeness (QED) is 0.879. The predicted molar refractivity (Wildman–Crippen MR) is 71.2 cm³/mol. The molecule has 1 aromatic heterocycles.